The zero-order valence-corrected chi connectivity index (χ0v) is 11.4. The summed E-state index contributed by atoms with van der Waals surface area (Å²) >= 11 is 1.32. The second-order valence-corrected chi connectivity index (χ2v) is 5.07. The van der Waals surface area contributed by atoms with Crippen molar-refractivity contribution >= 4 is 22.6 Å². The van der Waals surface area contributed by atoms with Gasteiger partial charge in [0.1, 0.15) is 11.5 Å². The highest BCUT2D eigenvalue weighted by Gasteiger charge is 2.08. The van der Waals surface area contributed by atoms with E-state index in [9.17, 15) is 4.79 Å². The van der Waals surface area contributed by atoms with E-state index in [1.165, 1.54) is 17.6 Å². The Bertz CT molecular complexity index is 565. The van der Waals surface area contributed by atoms with Crippen LogP contribution in [0, 0.1) is 0 Å². The molecule has 0 saturated heterocycles. The van der Waals surface area contributed by atoms with Gasteiger partial charge in [0.05, 0.1) is 0 Å². The van der Waals surface area contributed by atoms with Crippen molar-refractivity contribution in [1.29, 1.82) is 0 Å². The summed E-state index contributed by atoms with van der Waals surface area (Å²) in [5.74, 6) is 0.111. The van der Waals surface area contributed by atoms with E-state index in [0.717, 1.165) is 16.5 Å². The minimum absolute atomic E-state index is 0.0433. The van der Waals surface area contributed by atoms with Gasteiger partial charge in [-0.15, -0.1) is 0 Å². The van der Waals surface area contributed by atoms with Crippen LogP contribution >= 0.6 is 11.5 Å². The predicted octanol–water partition coefficient (Wildman–Crippen LogP) is 2.37. The first kappa shape index (κ1) is 13.4. The van der Waals surface area contributed by atoms with E-state index in [1.807, 2.05) is 13.8 Å². The molecule has 0 aliphatic heterocycles. The third kappa shape index (κ3) is 3.47. The fraction of sp³-hybridized carbons (Fsp3) is 0.333. The highest BCUT2D eigenvalue weighted by molar-refractivity contribution is 7.09. The summed E-state index contributed by atoms with van der Waals surface area (Å²) < 4.78 is 4.24. The molecule has 0 saturated carbocycles. The molecular weight excluding hydrogens is 264 g/mol. The molecule has 2 heterocycles. The number of hydrogen-bond acceptors (Lipinski definition) is 6. The van der Waals surface area contributed by atoms with Crippen LogP contribution in [0.5, 0.6) is 0 Å². The Kier molecular flexibility index (Phi) is 4.06. The molecule has 0 spiro atoms. The zero-order valence-electron chi connectivity index (χ0n) is 10.6. The Morgan fingerprint density at radius 1 is 1.47 bits per heavy atom. The number of aromatic carboxylic acids is 1. The number of carbonyl (C=O) groups is 1. The highest BCUT2D eigenvalue weighted by Crippen LogP contribution is 2.17. The van der Waals surface area contributed by atoms with Gasteiger partial charge in [-0.1, -0.05) is 19.9 Å². The second-order valence-electron chi connectivity index (χ2n) is 4.32. The summed E-state index contributed by atoms with van der Waals surface area (Å²) in [6.45, 7) is 4.63. The average molecular weight is 278 g/mol. The Morgan fingerprint density at radius 3 is 2.79 bits per heavy atom. The highest BCUT2D eigenvalue weighted by atomic mass is 32.1. The van der Waals surface area contributed by atoms with Crippen molar-refractivity contribution in [2.45, 2.75) is 26.3 Å². The first-order chi connectivity index (χ1) is 9.06. The molecule has 0 amide bonds. The number of rotatable bonds is 5. The summed E-state index contributed by atoms with van der Waals surface area (Å²) in [5.41, 5.74) is 0.938. The van der Waals surface area contributed by atoms with Gasteiger partial charge >= 0.3 is 5.97 Å². The van der Waals surface area contributed by atoms with Crippen molar-refractivity contribution in [1.82, 2.24) is 14.3 Å². The first-order valence-electron chi connectivity index (χ1n) is 5.82. The van der Waals surface area contributed by atoms with E-state index in [-0.39, 0.29) is 5.69 Å². The van der Waals surface area contributed by atoms with Crippen LogP contribution in [-0.2, 0) is 6.54 Å². The standard InChI is InChI=1S/C12H14N4O2S/c1-7(2)10-15-12(19-16-10)14-6-8-3-4-9(11(17)18)13-5-8/h3-5,7H,6H2,1-2H3,(H,17,18)(H,14,15,16). The van der Waals surface area contributed by atoms with Crippen LogP contribution in [0.15, 0.2) is 18.3 Å². The maximum atomic E-state index is 10.7. The van der Waals surface area contributed by atoms with Crippen molar-refractivity contribution in [2.75, 3.05) is 5.32 Å². The molecule has 2 aromatic rings. The van der Waals surface area contributed by atoms with Crippen molar-refractivity contribution in [3.63, 3.8) is 0 Å². The lowest BCUT2D eigenvalue weighted by atomic mass is 10.2. The topological polar surface area (TPSA) is 88.0 Å². The quantitative estimate of drug-likeness (QED) is 0.873. The van der Waals surface area contributed by atoms with Crippen molar-refractivity contribution in [2.24, 2.45) is 0 Å². The fourth-order valence-corrected chi connectivity index (χ4v) is 2.08. The van der Waals surface area contributed by atoms with Crippen LogP contribution in [-0.4, -0.2) is 25.4 Å². The van der Waals surface area contributed by atoms with Gasteiger partial charge in [-0.05, 0) is 11.6 Å². The molecule has 100 valence electrons. The van der Waals surface area contributed by atoms with Gasteiger partial charge < -0.3 is 10.4 Å². The molecule has 7 heteroatoms. The van der Waals surface area contributed by atoms with Gasteiger partial charge in [0, 0.05) is 30.2 Å². The normalized spacial score (nSPS) is 10.7. The van der Waals surface area contributed by atoms with Crippen LogP contribution in [0.25, 0.3) is 0 Å². The lowest BCUT2D eigenvalue weighted by Crippen LogP contribution is -2.03. The molecule has 0 aliphatic carbocycles. The van der Waals surface area contributed by atoms with Gasteiger partial charge in [-0.25, -0.2) is 14.8 Å². The molecule has 6 nitrogen and oxygen atoms in total. The maximum absolute atomic E-state index is 10.7. The molecular formula is C12H14N4O2S. The summed E-state index contributed by atoms with van der Waals surface area (Å²) in [7, 11) is 0. The minimum Gasteiger partial charge on any atom is -0.477 e. The van der Waals surface area contributed by atoms with Crippen LogP contribution in [0.1, 0.15) is 41.6 Å². The van der Waals surface area contributed by atoms with E-state index >= 15 is 0 Å². The Labute approximate surface area is 114 Å². The van der Waals surface area contributed by atoms with E-state index < -0.39 is 5.97 Å². The molecule has 2 rings (SSSR count). The molecule has 0 radical (unpaired) electrons. The lowest BCUT2D eigenvalue weighted by Gasteiger charge is -2.02. The summed E-state index contributed by atoms with van der Waals surface area (Å²) in [4.78, 5) is 18.9. The Morgan fingerprint density at radius 2 is 2.26 bits per heavy atom. The van der Waals surface area contributed by atoms with Gasteiger partial charge in [0.25, 0.3) is 0 Å². The van der Waals surface area contributed by atoms with E-state index in [0.29, 0.717) is 12.5 Å². The molecule has 0 aromatic carbocycles. The van der Waals surface area contributed by atoms with E-state index in [4.69, 9.17) is 5.11 Å². The van der Waals surface area contributed by atoms with Gasteiger partial charge in [0.2, 0.25) is 5.13 Å². The molecule has 2 N–H and O–H groups in total. The number of anilines is 1. The second kappa shape index (κ2) is 5.75. The molecule has 19 heavy (non-hydrogen) atoms. The zero-order chi connectivity index (χ0) is 13.8. The number of aromatic nitrogens is 3. The van der Waals surface area contributed by atoms with Crippen LogP contribution in [0.2, 0.25) is 0 Å². The van der Waals surface area contributed by atoms with E-state index in [1.54, 1.807) is 12.3 Å². The van der Waals surface area contributed by atoms with Crippen molar-refractivity contribution < 1.29 is 9.90 Å². The fourth-order valence-electron chi connectivity index (χ4n) is 1.37. The minimum atomic E-state index is -1.02. The third-order valence-corrected chi connectivity index (χ3v) is 3.13. The lowest BCUT2D eigenvalue weighted by molar-refractivity contribution is 0.0690. The molecule has 0 fully saturated rings. The van der Waals surface area contributed by atoms with Crippen LogP contribution < -0.4 is 5.32 Å². The number of carboxylic acid groups (broad SMARTS) is 1. The molecule has 0 bridgehead atoms. The average Bonchev–Trinajstić information content (AvgIpc) is 2.86. The van der Waals surface area contributed by atoms with Gasteiger partial charge in [0.15, 0.2) is 0 Å². The smallest absolute Gasteiger partial charge is 0.354 e. The SMILES string of the molecule is CC(C)c1nsc(NCc2ccc(C(=O)O)nc2)n1. The molecule has 2 aromatic heterocycles. The van der Waals surface area contributed by atoms with Crippen molar-refractivity contribution in [3.8, 4) is 0 Å². The Hall–Kier alpha value is -2.02. The van der Waals surface area contributed by atoms with Crippen LogP contribution in [0.4, 0.5) is 5.13 Å². The van der Waals surface area contributed by atoms with Gasteiger partial charge in [-0.2, -0.15) is 4.37 Å². The van der Waals surface area contributed by atoms with E-state index in [2.05, 4.69) is 19.7 Å². The summed E-state index contributed by atoms with van der Waals surface area (Å²) in [5, 5.41) is 12.6. The largest absolute Gasteiger partial charge is 0.477 e. The summed E-state index contributed by atoms with van der Waals surface area (Å²) in [6, 6.07) is 3.22. The molecule has 0 aliphatic rings. The monoisotopic (exact) mass is 278 g/mol. The third-order valence-electron chi connectivity index (χ3n) is 2.45. The predicted molar refractivity (Wildman–Crippen MR) is 72.5 cm³/mol. The van der Waals surface area contributed by atoms with Crippen molar-refractivity contribution in [3.05, 3.63) is 35.4 Å². The number of nitrogens with one attached hydrogen (secondary N) is 1. The number of carboxylic acids is 1. The molecule has 0 atom stereocenters. The summed E-state index contributed by atoms with van der Waals surface area (Å²) in [6.07, 6.45) is 1.54. The number of pyridine rings is 1. The molecule has 0 unspecified atom stereocenters. The first-order valence-corrected chi connectivity index (χ1v) is 6.59. The Balaban J connectivity index is 1.96. The number of nitrogens with zero attached hydrogens (tertiary/aromatic N) is 3. The van der Waals surface area contributed by atoms with Crippen LogP contribution in [0.3, 0.4) is 0 Å². The number of hydrogen-bond donors (Lipinski definition) is 2. The maximum Gasteiger partial charge on any atom is 0.354 e. The van der Waals surface area contributed by atoms with Gasteiger partial charge in [-0.3, -0.25) is 0 Å².